The van der Waals surface area contributed by atoms with E-state index in [1.54, 1.807) is 6.07 Å². The minimum absolute atomic E-state index is 0.0739. The number of hydrogen-bond acceptors (Lipinski definition) is 1. The van der Waals surface area contributed by atoms with Crippen LogP contribution in [0.3, 0.4) is 0 Å². The Bertz CT molecular complexity index is 1440. The first-order valence-corrected chi connectivity index (χ1v) is 14.0. The van der Waals surface area contributed by atoms with E-state index in [4.69, 9.17) is 0 Å². The fraction of sp³-hybridized carbons (Fsp3) is 0.382. The topological polar surface area (TPSA) is 20.3 Å². The minimum atomic E-state index is -0.0925. The van der Waals surface area contributed by atoms with Gasteiger partial charge in [0.25, 0.3) is 5.91 Å². The van der Waals surface area contributed by atoms with Gasteiger partial charge >= 0.3 is 0 Å². The van der Waals surface area contributed by atoms with Crippen molar-refractivity contribution < 1.29 is 9.18 Å². The summed E-state index contributed by atoms with van der Waals surface area (Å²) in [5.74, 6) is 1.30. The highest BCUT2D eigenvalue weighted by Gasteiger charge is 2.34. The van der Waals surface area contributed by atoms with Crippen LogP contribution in [-0.2, 0) is 12.8 Å². The molecule has 0 saturated heterocycles. The van der Waals surface area contributed by atoms with E-state index in [9.17, 15) is 4.79 Å². The molecule has 0 aromatic heterocycles. The van der Waals surface area contributed by atoms with Gasteiger partial charge in [-0.15, -0.1) is 0 Å². The van der Waals surface area contributed by atoms with E-state index in [0.29, 0.717) is 11.8 Å². The molecule has 1 aliphatic heterocycles. The highest BCUT2D eigenvalue weighted by molar-refractivity contribution is 5.97. The number of hydrogen-bond donors (Lipinski definition) is 0. The largest absolute Gasteiger partial charge is 0.332 e. The lowest BCUT2D eigenvalue weighted by Crippen LogP contribution is -2.39. The second-order valence-corrected chi connectivity index (χ2v) is 11.8. The van der Waals surface area contributed by atoms with Crippen LogP contribution < -0.4 is 0 Å². The lowest BCUT2D eigenvalue weighted by molar-refractivity contribution is 0.0677. The number of allylic oxidation sites excluding steroid dienone is 1. The lowest BCUT2D eigenvalue weighted by atomic mass is 9.78. The molecule has 0 spiro atoms. The second-order valence-electron chi connectivity index (χ2n) is 11.8. The molecule has 37 heavy (non-hydrogen) atoms. The quantitative estimate of drug-likeness (QED) is 0.361. The summed E-state index contributed by atoms with van der Waals surface area (Å²) in [6, 6.07) is 18.8. The van der Waals surface area contributed by atoms with Gasteiger partial charge in [0.15, 0.2) is 0 Å². The van der Waals surface area contributed by atoms with Crippen molar-refractivity contribution >= 4 is 17.6 Å². The highest BCUT2D eigenvalue weighted by atomic mass is 19.1. The fourth-order valence-corrected chi connectivity index (χ4v) is 6.67. The maximum Gasteiger partial charge on any atom is 0.254 e. The number of benzene rings is 3. The zero-order valence-electron chi connectivity index (χ0n) is 21.8. The van der Waals surface area contributed by atoms with Gasteiger partial charge in [-0.25, -0.2) is 4.39 Å². The molecule has 2 fully saturated rings. The summed E-state index contributed by atoms with van der Waals surface area (Å²) in [4.78, 5) is 15.9. The Labute approximate surface area is 219 Å². The fourth-order valence-electron chi connectivity index (χ4n) is 6.67. The molecule has 4 aliphatic rings. The van der Waals surface area contributed by atoms with Crippen LogP contribution in [0.2, 0.25) is 0 Å². The van der Waals surface area contributed by atoms with Crippen molar-refractivity contribution in [3.8, 4) is 0 Å². The zero-order chi connectivity index (χ0) is 25.3. The van der Waals surface area contributed by atoms with E-state index in [1.165, 1.54) is 53.5 Å². The van der Waals surface area contributed by atoms with Gasteiger partial charge in [-0.2, -0.15) is 0 Å². The van der Waals surface area contributed by atoms with Crippen LogP contribution in [0.5, 0.6) is 0 Å². The van der Waals surface area contributed by atoms with Crippen molar-refractivity contribution in [1.82, 2.24) is 4.90 Å². The van der Waals surface area contributed by atoms with Crippen molar-refractivity contribution in [1.29, 1.82) is 0 Å². The summed E-state index contributed by atoms with van der Waals surface area (Å²) in [5, 5.41) is 0. The summed E-state index contributed by atoms with van der Waals surface area (Å²) >= 11 is 0. The molecule has 3 aliphatic carbocycles. The van der Waals surface area contributed by atoms with Gasteiger partial charge in [-0.05, 0) is 120 Å². The van der Waals surface area contributed by atoms with Gasteiger partial charge < -0.3 is 4.90 Å². The maximum atomic E-state index is 15.3. The SMILES string of the molecule is CC1Cc2cc(C(=O)N3CCc4ccccc4C3C)cc(C3CC3)c2C=C1c1ccc(C2CC2)cc1F. The van der Waals surface area contributed by atoms with E-state index >= 15 is 4.39 Å². The number of nitrogens with zero attached hydrogens (tertiary/aromatic N) is 1. The number of carbonyl (C=O) groups is 1. The van der Waals surface area contributed by atoms with Gasteiger partial charge in [0, 0.05) is 17.7 Å². The number of halogens is 1. The van der Waals surface area contributed by atoms with Crippen LogP contribution in [0.25, 0.3) is 11.6 Å². The van der Waals surface area contributed by atoms with E-state index in [1.807, 2.05) is 11.0 Å². The molecule has 3 aromatic rings. The molecular weight excluding hydrogens is 457 g/mol. The number of rotatable bonds is 4. The van der Waals surface area contributed by atoms with Gasteiger partial charge in [0.1, 0.15) is 5.82 Å². The first kappa shape index (κ1) is 23.0. The van der Waals surface area contributed by atoms with Crippen molar-refractivity contribution in [3.05, 3.63) is 105 Å². The molecule has 0 bridgehead atoms. The first-order chi connectivity index (χ1) is 18.0. The van der Waals surface area contributed by atoms with Gasteiger partial charge in [0.2, 0.25) is 0 Å². The van der Waals surface area contributed by atoms with E-state index in [2.05, 4.69) is 62.4 Å². The minimum Gasteiger partial charge on any atom is -0.332 e. The van der Waals surface area contributed by atoms with Crippen LogP contribution in [0.4, 0.5) is 4.39 Å². The Morgan fingerprint density at radius 3 is 2.43 bits per heavy atom. The third-order valence-corrected chi connectivity index (χ3v) is 9.13. The smallest absolute Gasteiger partial charge is 0.254 e. The Morgan fingerprint density at radius 1 is 0.892 bits per heavy atom. The predicted molar refractivity (Wildman–Crippen MR) is 147 cm³/mol. The first-order valence-electron chi connectivity index (χ1n) is 14.0. The monoisotopic (exact) mass is 491 g/mol. The van der Waals surface area contributed by atoms with Crippen molar-refractivity contribution in [3.63, 3.8) is 0 Å². The Morgan fingerprint density at radius 2 is 1.68 bits per heavy atom. The Kier molecular flexibility index (Phi) is 5.39. The van der Waals surface area contributed by atoms with Crippen LogP contribution in [0.15, 0.2) is 54.6 Å². The molecule has 0 radical (unpaired) electrons. The summed E-state index contributed by atoms with van der Waals surface area (Å²) in [5.41, 5.74) is 10.2. The third-order valence-electron chi connectivity index (χ3n) is 9.13. The van der Waals surface area contributed by atoms with Crippen molar-refractivity contribution in [2.24, 2.45) is 5.92 Å². The van der Waals surface area contributed by atoms with Crippen LogP contribution >= 0.6 is 0 Å². The third kappa shape index (κ3) is 4.04. The summed E-state index contributed by atoms with van der Waals surface area (Å²) in [6.45, 7) is 5.09. The lowest BCUT2D eigenvalue weighted by Gasteiger charge is -2.36. The molecule has 2 unspecified atom stereocenters. The van der Waals surface area contributed by atoms with Crippen LogP contribution in [0.1, 0.15) is 107 Å². The molecule has 188 valence electrons. The molecule has 2 saturated carbocycles. The highest BCUT2D eigenvalue weighted by Crippen LogP contribution is 2.47. The molecule has 3 aromatic carbocycles. The van der Waals surface area contributed by atoms with Crippen LogP contribution in [-0.4, -0.2) is 17.4 Å². The Hall–Kier alpha value is -3.20. The molecule has 2 nitrogen and oxygen atoms in total. The number of amides is 1. The molecule has 0 N–H and O–H groups in total. The van der Waals surface area contributed by atoms with Crippen molar-refractivity contribution in [2.75, 3.05) is 6.54 Å². The van der Waals surface area contributed by atoms with E-state index in [0.717, 1.165) is 41.6 Å². The van der Waals surface area contributed by atoms with Gasteiger partial charge in [0.05, 0.1) is 6.04 Å². The standard InChI is InChI=1S/C34H34FNO/c1-20-15-26-16-27(34(37)36-14-13-23-5-3-4-6-28(23)21(36)2)17-31(24-9-10-24)32(26)19-30(20)29-12-11-25(18-33(29)35)22-7-8-22/h3-6,11-12,16-22,24H,7-10,13-15H2,1-2H3. The van der Waals surface area contributed by atoms with E-state index < -0.39 is 0 Å². The predicted octanol–water partition coefficient (Wildman–Crippen LogP) is 8.07. The van der Waals surface area contributed by atoms with Crippen molar-refractivity contribution in [2.45, 2.75) is 70.3 Å². The summed E-state index contributed by atoms with van der Waals surface area (Å²) < 4.78 is 15.3. The average molecular weight is 492 g/mol. The maximum absolute atomic E-state index is 15.3. The molecule has 1 heterocycles. The summed E-state index contributed by atoms with van der Waals surface area (Å²) in [7, 11) is 0. The van der Waals surface area contributed by atoms with Gasteiger partial charge in [-0.1, -0.05) is 49.4 Å². The Balaban J connectivity index is 1.25. The summed E-state index contributed by atoms with van der Waals surface area (Å²) in [6.07, 6.45) is 8.67. The molecule has 1 amide bonds. The average Bonchev–Trinajstić information content (AvgIpc) is 3.82. The van der Waals surface area contributed by atoms with Crippen LogP contribution in [0, 0.1) is 11.7 Å². The molecular formula is C34H34FNO. The number of fused-ring (bicyclic) bond motifs is 2. The molecule has 2 atom stereocenters. The number of carbonyl (C=O) groups excluding carboxylic acids is 1. The van der Waals surface area contributed by atoms with Gasteiger partial charge in [-0.3, -0.25) is 4.79 Å². The molecule has 7 rings (SSSR count). The van der Waals surface area contributed by atoms with E-state index in [-0.39, 0.29) is 23.7 Å². The second kappa shape index (κ2) is 8.68. The zero-order valence-corrected chi connectivity index (χ0v) is 21.8. The molecule has 3 heteroatoms. The normalized spacial score (nSPS) is 22.8.